The summed E-state index contributed by atoms with van der Waals surface area (Å²) in [7, 11) is -2.91. The number of aryl methyl sites for hydroxylation is 1. The summed E-state index contributed by atoms with van der Waals surface area (Å²) >= 11 is 1.64. The molecule has 3 rings (SSSR count). The van der Waals surface area contributed by atoms with E-state index in [2.05, 4.69) is 5.10 Å². The van der Waals surface area contributed by atoms with E-state index in [1.54, 1.807) is 22.2 Å². The number of hydrogen-bond acceptors (Lipinski definition) is 5. The summed E-state index contributed by atoms with van der Waals surface area (Å²) < 4.78 is 24.7. The molecule has 5 nitrogen and oxygen atoms in total. The molecule has 1 atom stereocenters. The van der Waals surface area contributed by atoms with Gasteiger partial charge in [0.2, 0.25) is 0 Å². The van der Waals surface area contributed by atoms with Crippen molar-refractivity contribution in [2.75, 3.05) is 17.2 Å². The molecular formula is C12H15N3O2S2. The molecule has 2 aromatic heterocycles. The molecule has 0 aromatic carbocycles. The molecule has 1 saturated heterocycles. The number of rotatable bonds is 2. The Morgan fingerprint density at radius 3 is 2.84 bits per heavy atom. The second-order valence-electron chi connectivity index (χ2n) is 4.88. The lowest BCUT2D eigenvalue weighted by molar-refractivity contribution is 0.501. The maximum absolute atomic E-state index is 11.5. The third kappa shape index (κ3) is 2.40. The highest BCUT2D eigenvalue weighted by atomic mass is 32.2. The van der Waals surface area contributed by atoms with Crippen LogP contribution in [-0.4, -0.2) is 29.7 Å². The molecule has 2 N–H and O–H groups in total. The minimum Gasteiger partial charge on any atom is -0.396 e. The average molecular weight is 297 g/mol. The second kappa shape index (κ2) is 4.35. The summed E-state index contributed by atoms with van der Waals surface area (Å²) in [6.45, 7) is 2.03. The van der Waals surface area contributed by atoms with Gasteiger partial charge in [-0.3, -0.25) is 4.68 Å². The Bertz CT molecular complexity index is 715. The lowest BCUT2D eigenvalue weighted by atomic mass is 10.3. The zero-order chi connectivity index (χ0) is 13.6. The normalized spacial score (nSPS) is 21.8. The van der Waals surface area contributed by atoms with Crippen LogP contribution in [0.25, 0.3) is 10.6 Å². The van der Waals surface area contributed by atoms with Gasteiger partial charge in [0, 0.05) is 11.1 Å². The van der Waals surface area contributed by atoms with Gasteiger partial charge in [-0.05, 0) is 25.5 Å². The van der Waals surface area contributed by atoms with Crippen molar-refractivity contribution in [2.24, 2.45) is 0 Å². The number of thiophene rings is 1. The highest BCUT2D eigenvalue weighted by molar-refractivity contribution is 7.91. The van der Waals surface area contributed by atoms with Crippen LogP contribution in [0.15, 0.2) is 18.3 Å². The van der Waals surface area contributed by atoms with Crippen LogP contribution in [0.1, 0.15) is 17.3 Å². The highest BCUT2D eigenvalue weighted by Gasteiger charge is 2.30. The first-order chi connectivity index (χ1) is 8.94. The van der Waals surface area contributed by atoms with Crippen molar-refractivity contribution in [3.63, 3.8) is 0 Å². The van der Waals surface area contributed by atoms with Gasteiger partial charge in [0.05, 0.1) is 28.1 Å². The molecule has 0 spiro atoms. The predicted molar refractivity (Wildman–Crippen MR) is 77.0 cm³/mol. The van der Waals surface area contributed by atoms with Gasteiger partial charge in [0.1, 0.15) is 5.69 Å². The lowest BCUT2D eigenvalue weighted by Crippen LogP contribution is -2.11. The molecule has 7 heteroatoms. The molecule has 3 heterocycles. The molecular weight excluding hydrogens is 282 g/mol. The zero-order valence-corrected chi connectivity index (χ0v) is 12.2. The van der Waals surface area contributed by atoms with E-state index in [0.29, 0.717) is 12.1 Å². The molecule has 0 bridgehead atoms. The Kier molecular flexibility index (Phi) is 2.90. The lowest BCUT2D eigenvalue weighted by Gasteiger charge is -2.06. The van der Waals surface area contributed by atoms with Crippen molar-refractivity contribution in [2.45, 2.75) is 19.4 Å². The minimum atomic E-state index is -2.91. The number of nitrogens with zero attached hydrogens (tertiary/aromatic N) is 2. The molecule has 1 fully saturated rings. The maximum atomic E-state index is 11.5. The first-order valence-electron chi connectivity index (χ1n) is 6.06. The van der Waals surface area contributed by atoms with E-state index >= 15 is 0 Å². The molecule has 0 saturated carbocycles. The van der Waals surface area contributed by atoms with Crippen LogP contribution < -0.4 is 5.73 Å². The number of nitrogens with two attached hydrogens (primary N) is 1. The summed E-state index contributed by atoms with van der Waals surface area (Å²) in [6, 6.07) is 3.94. The van der Waals surface area contributed by atoms with Crippen molar-refractivity contribution in [1.29, 1.82) is 0 Å². The summed E-state index contributed by atoms with van der Waals surface area (Å²) in [5.41, 5.74) is 7.35. The van der Waals surface area contributed by atoms with Gasteiger partial charge < -0.3 is 5.73 Å². The molecule has 0 amide bonds. The quantitative estimate of drug-likeness (QED) is 0.917. The minimum absolute atomic E-state index is 0.0814. The van der Waals surface area contributed by atoms with E-state index in [0.717, 1.165) is 10.6 Å². The molecule has 2 aromatic rings. The van der Waals surface area contributed by atoms with Crippen molar-refractivity contribution < 1.29 is 8.42 Å². The zero-order valence-electron chi connectivity index (χ0n) is 10.5. The Labute approximate surface area is 116 Å². The Morgan fingerprint density at radius 1 is 1.47 bits per heavy atom. The second-order valence-corrected chi connectivity index (χ2v) is 8.40. The number of anilines is 1. The van der Waals surface area contributed by atoms with Gasteiger partial charge in [-0.2, -0.15) is 5.10 Å². The van der Waals surface area contributed by atoms with Crippen molar-refractivity contribution in [3.05, 3.63) is 23.2 Å². The molecule has 0 radical (unpaired) electrons. The van der Waals surface area contributed by atoms with Crippen LogP contribution in [0.2, 0.25) is 0 Å². The fourth-order valence-corrected chi connectivity index (χ4v) is 4.91. The van der Waals surface area contributed by atoms with E-state index in [-0.39, 0.29) is 17.5 Å². The van der Waals surface area contributed by atoms with Crippen LogP contribution in [0.5, 0.6) is 0 Å². The number of sulfone groups is 1. The van der Waals surface area contributed by atoms with Gasteiger partial charge in [-0.1, -0.05) is 0 Å². The summed E-state index contributed by atoms with van der Waals surface area (Å²) in [5, 5.41) is 4.48. The number of nitrogen functional groups attached to an aromatic ring is 1. The largest absolute Gasteiger partial charge is 0.396 e. The Balaban J connectivity index is 1.94. The first kappa shape index (κ1) is 12.7. The fraction of sp³-hybridized carbons (Fsp3) is 0.417. The SMILES string of the molecule is Cc1ccc(-c2nn(C3CCS(=O)(=O)C3)cc2N)s1. The van der Waals surface area contributed by atoms with E-state index in [4.69, 9.17) is 5.73 Å². The third-order valence-corrected chi connectivity index (χ3v) is 6.07. The van der Waals surface area contributed by atoms with Gasteiger partial charge in [0.15, 0.2) is 9.84 Å². The van der Waals surface area contributed by atoms with Crippen LogP contribution in [0.3, 0.4) is 0 Å². The molecule has 1 aliphatic heterocycles. The predicted octanol–water partition coefficient (Wildman–Crippen LogP) is 1.86. The average Bonchev–Trinajstić information content (AvgIpc) is 2.98. The first-order valence-corrected chi connectivity index (χ1v) is 8.70. The summed E-state index contributed by atoms with van der Waals surface area (Å²) in [6.07, 6.45) is 2.36. The van der Waals surface area contributed by atoms with Gasteiger partial charge >= 0.3 is 0 Å². The van der Waals surface area contributed by atoms with Crippen molar-refractivity contribution in [1.82, 2.24) is 9.78 Å². The monoisotopic (exact) mass is 297 g/mol. The van der Waals surface area contributed by atoms with Crippen LogP contribution in [0, 0.1) is 6.92 Å². The van der Waals surface area contributed by atoms with Crippen LogP contribution in [-0.2, 0) is 9.84 Å². The van der Waals surface area contributed by atoms with E-state index in [1.807, 2.05) is 19.1 Å². The van der Waals surface area contributed by atoms with Crippen molar-refractivity contribution in [3.8, 4) is 10.6 Å². The van der Waals surface area contributed by atoms with E-state index in [1.165, 1.54) is 4.88 Å². The Morgan fingerprint density at radius 2 is 2.26 bits per heavy atom. The fourth-order valence-electron chi connectivity index (χ4n) is 2.33. The highest BCUT2D eigenvalue weighted by Crippen LogP contribution is 2.32. The van der Waals surface area contributed by atoms with Gasteiger partial charge in [0.25, 0.3) is 0 Å². The van der Waals surface area contributed by atoms with Gasteiger partial charge in [-0.15, -0.1) is 11.3 Å². The number of hydrogen-bond donors (Lipinski definition) is 1. The van der Waals surface area contributed by atoms with Crippen molar-refractivity contribution >= 4 is 26.9 Å². The smallest absolute Gasteiger partial charge is 0.152 e. The van der Waals surface area contributed by atoms with E-state index in [9.17, 15) is 8.42 Å². The van der Waals surface area contributed by atoms with E-state index < -0.39 is 9.84 Å². The molecule has 102 valence electrons. The molecule has 19 heavy (non-hydrogen) atoms. The van der Waals surface area contributed by atoms with Crippen LogP contribution in [0.4, 0.5) is 5.69 Å². The topological polar surface area (TPSA) is 78.0 Å². The molecule has 1 unspecified atom stereocenters. The standard InChI is InChI=1S/C12H15N3O2S2/c1-8-2-3-11(18-8)12-10(13)6-15(14-12)9-4-5-19(16,17)7-9/h2-3,6,9H,4-5,7,13H2,1H3. The van der Waals surface area contributed by atoms with Gasteiger partial charge in [-0.25, -0.2) is 8.42 Å². The molecule has 0 aliphatic carbocycles. The Hall–Kier alpha value is -1.34. The summed E-state index contributed by atoms with van der Waals surface area (Å²) in [5.74, 6) is 0.405. The number of aromatic nitrogens is 2. The summed E-state index contributed by atoms with van der Waals surface area (Å²) in [4.78, 5) is 2.22. The third-order valence-electron chi connectivity index (χ3n) is 3.32. The maximum Gasteiger partial charge on any atom is 0.152 e. The van der Waals surface area contributed by atoms with Crippen LogP contribution >= 0.6 is 11.3 Å². The molecule has 1 aliphatic rings.